The molecule has 3 aliphatic rings. The number of hydrogen-bond acceptors (Lipinski definition) is 5. The van der Waals surface area contributed by atoms with Crippen LogP contribution in [0.1, 0.15) is 41.4 Å². The van der Waals surface area contributed by atoms with Gasteiger partial charge in [-0.3, -0.25) is 14.8 Å². The number of aromatic amines is 1. The molecule has 1 amide bonds. The van der Waals surface area contributed by atoms with Gasteiger partial charge in [0.15, 0.2) is 5.82 Å². The highest BCUT2D eigenvalue weighted by atomic mass is 16.2. The van der Waals surface area contributed by atoms with Gasteiger partial charge in [0.25, 0.3) is 5.91 Å². The summed E-state index contributed by atoms with van der Waals surface area (Å²) >= 11 is 0. The first-order valence-electron chi connectivity index (χ1n) is 10.0. The molecule has 1 aromatic heterocycles. The van der Waals surface area contributed by atoms with Crippen molar-refractivity contribution < 1.29 is 4.79 Å². The maximum Gasteiger partial charge on any atom is 0.253 e. The van der Waals surface area contributed by atoms with Crippen LogP contribution < -0.4 is 5.32 Å². The molecule has 1 atom stereocenters. The molecule has 7 heteroatoms. The van der Waals surface area contributed by atoms with E-state index in [1.165, 1.54) is 12.8 Å². The Morgan fingerprint density at radius 2 is 1.81 bits per heavy atom. The molecule has 1 saturated carbocycles. The number of likely N-dealkylation sites (tertiary alicyclic amines) is 1. The van der Waals surface area contributed by atoms with Crippen LogP contribution in [0, 0.1) is 0 Å². The Bertz CT molecular complexity index is 806. The topological polar surface area (TPSA) is 77.2 Å². The maximum absolute atomic E-state index is 12.9. The molecule has 3 fully saturated rings. The number of amides is 1. The molecule has 2 saturated heterocycles. The number of hydrogen-bond donors (Lipinski definition) is 2. The smallest absolute Gasteiger partial charge is 0.253 e. The minimum Gasteiger partial charge on any atom is -0.337 e. The number of benzene rings is 1. The fourth-order valence-electron chi connectivity index (χ4n) is 4.16. The lowest BCUT2D eigenvalue weighted by Crippen LogP contribution is -2.49. The summed E-state index contributed by atoms with van der Waals surface area (Å²) in [5.41, 5.74) is 1.70. The van der Waals surface area contributed by atoms with Crippen LogP contribution in [0.5, 0.6) is 0 Å². The summed E-state index contributed by atoms with van der Waals surface area (Å²) in [5, 5.41) is 10.8. The van der Waals surface area contributed by atoms with E-state index < -0.39 is 0 Å². The second-order valence-corrected chi connectivity index (χ2v) is 7.88. The first kappa shape index (κ1) is 16.9. The normalized spacial score (nSPS) is 23.7. The third kappa shape index (κ3) is 3.49. The van der Waals surface area contributed by atoms with Crippen molar-refractivity contribution in [1.82, 2.24) is 30.3 Å². The summed E-state index contributed by atoms with van der Waals surface area (Å²) in [7, 11) is 0. The van der Waals surface area contributed by atoms with Crippen molar-refractivity contribution in [2.45, 2.75) is 31.2 Å². The van der Waals surface area contributed by atoms with Gasteiger partial charge in [-0.25, -0.2) is 4.98 Å². The third-order valence-electron chi connectivity index (χ3n) is 5.98. The highest BCUT2D eigenvalue weighted by Crippen LogP contribution is 2.38. The SMILES string of the molecule is O=C(c1ccc(-c2n[nH]c(C3CC3)n2)cc1)N1CCC(N2CCNCC2)C1. The van der Waals surface area contributed by atoms with Crippen molar-refractivity contribution in [2.24, 2.45) is 0 Å². The Morgan fingerprint density at radius 3 is 2.56 bits per heavy atom. The average Bonchev–Trinajstić information content (AvgIpc) is 3.26. The molecule has 5 rings (SSSR count). The zero-order valence-corrected chi connectivity index (χ0v) is 15.5. The second-order valence-electron chi connectivity index (χ2n) is 7.88. The van der Waals surface area contributed by atoms with E-state index in [0.29, 0.717) is 12.0 Å². The summed E-state index contributed by atoms with van der Waals surface area (Å²) in [4.78, 5) is 22.0. The lowest BCUT2D eigenvalue weighted by Gasteiger charge is -2.32. The molecule has 0 spiro atoms. The van der Waals surface area contributed by atoms with Crippen LogP contribution in [0.3, 0.4) is 0 Å². The first-order valence-corrected chi connectivity index (χ1v) is 10.0. The molecule has 27 heavy (non-hydrogen) atoms. The number of nitrogens with zero attached hydrogens (tertiary/aromatic N) is 4. The van der Waals surface area contributed by atoms with Crippen LogP contribution in [0.15, 0.2) is 24.3 Å². The Hall–Kier alpha value is -2.25. The number of nitrogens with one attached hydrogen (secondary N) is 2. The number of H-pyrrole nitrogens is 1. The lowest BCUT2D eigenvalue weighted by atomic mass is 10.1. The number of rotatable bonds is 4. The van der Waals surface area contributed by atoms with Crippen molar-refractivity contribution in [3.63, 3.8) is 0 Å². The van der Waals surface area contributed by atoms with E-state index in [1.807, 2.05) is 29.2 Å². The van der Waals surface area contributed by atoms with E-state index >= 15 is 0 Å². The minimum atomic E-state index is 0.132. The van der Waals surface area contributed by atoms with Crippen molar-refractivity contribution in [3.8, 4) is 11.4 Å². The van der Waals surface area contributed by atoms with Crippen molar-refractivity contribution in [1.29, 1.82) is 0 Å². The molecule has 1 unspecified atom stereocenters. The fraction of sp³-hybridized carbons (Fsp3) is 0.550. The van der Waals surface area contributed by atoms with Gasteiger partial charge in [0.05, 0.1) is 0 Å². The van der Waals surface area contributed by atoms with Crippen LogP contribution >= 0.6 is 0 Å². The molecule has 0 radical (unpaired) electrons. The van der Waals surface area contributed by atoms with E-state index in [-0.39, 0.29) is 5.91 Å². The summed E-state index contributed by atoms with van der Waals surface area (Å²) in [6, 6.07) is 8.23. The molecular weight excluding hydrogens is 340 g/mol. The van der Waals surface area contributed by atoms with E-state index in [4.69, 9.17) is 0 Å². The molecule has 0 bridgehead atoms. The fourth-order valence-corrected chi connectivity index (χ4v) is 4.16. The van der Waals surface area contributed by atoms with E-state index in [2.05, 4.69) is 25.4 Å². The lowest BCUT2D eigenvalue weighted by molar-refractivity contribution is 0.0773. The standard InChI is InChI=1S/C20H26N6O/c27-20(26-10-7-17(13-26)25-11-8-21-9-12-25)16-5-3-15(4-6-16)19-22-18(23-24-19)14-1-2-14/h3-6,14,17,21H,1-2,7-13H2,(H,22,23,24). The molecule has 2 aliphatic heterocycles. The van der Waals surface area contributed by atoms with Crippen LogP contribution in [0.25, 0.3) is 11.4 Å². The Kier molecular flexibility index (Phi) is 4.41. The molecule has 2 N–H and O–H groups in total. The minimum absolute atomic E-state index is 0.132. The molecule has 3 heterocycles. The van der Waals surface area contributed by atoms with Gasteiger partial charge in [-0.2, -0.15) is 5.10 Å². The van der Waals surface area contributed by atoms with Crippen LogP contribution in [-0.2, 0) is 0 Å². The monoisotopic (exact) mass is 366 g/mol. The Balaban J connectivity index is 1.23. The molecule has 142 valence electrons. The van der Waals surface area contributed by atoms with Crippen molar-refractivity contribution in [2.75, 3.05) is 39.3 Å². The largest absolute Gasteiger partial charge is 0.337 e. The van der Waals surface area contributed by atoms with Gasteiger partial charge >= 0.3 is 0 Å². The summed E-state index contributed by atoms with van der Waals surface area (Å²) < 4.78 is 0. The van der Waals surface area contributed by atoms with Gasteiger partial charge in [0.2, 0.25) is 0 Å². The zero-order chi connectivity index (χ0) is 18.2. The number of carbonyl (C=O) groups excluding carboxylic acids is 1. The zero-order valence-electron chi connectivity index (χ0n) is 15.5. The predicted molar refractivity (Wildman–Crippen MR) is 103 cm³/mol. The van der Waals surface area contributed by atoms with E-state index in [1.54, 1.807) is 0 Å². The molecule has 2 aromatic rings. The maximum atomic E-state index is 12.9. The Morgan fingerprint density at radius 1 is 1.04 bits per heavy atom. The summed E-state index contributed by atoms with van der Waals surface area (Å²) in [5.74, 6) is 2.40. The second kappa shape index (κ2) is 7.05. The third-order valence-corrected chi connectivity index (χ3v) is 5.98. The number of aromatic nitrogens is 3. The number of piperazine rings is 1. The van der Waals surface area contributed by atoms with E-state index in [0.717, 1.165) is 68.5 Å². The van der Waals surface area contributed by atoms with Gasteiger partial charge in [-0.05, 0) is 31.4 Å². The van der Waals surface area contributed by atoms with Crippen LogP contribution in [0.2, 0.25) is 0 Å². The van der Waals surface area contributed by atoms with Gasteiger partial charge in [-0.15, -0.1) is 0 Å². The van der Waals surface area contributed by atoms with Gasteiger partial charge in [0, 0.05) is 62.4 Å². The molecule has 1 aliphatic carbocycles. The van der Waals surface area contributed by atoms with Crippen LogP contribution in [-0.4, -0.2) is 76.2 Å². The average molecular weight is 366 g/mol. The molecule has 1 aromatic carbocycles. The van der Waals surface area contributed by atoms with Crippen LogP contribution in [0.4, 0.5) is 0 Å². The van der Waals surface area contributed by atoms with Gasteiger partial charge < -0.3 is 10.2 Å². The summed E-state index contributed by atoms with van der Waals surface area (Å²) in [6.07, 6.45) is 3.48. The van der Waals surface area contributed by atoms with Gasteiger partial charge in [-0.1, -0.05) is 12.1 Å². The van der Waals surface area contributed by atoms with Crippen molar-refractivity contribution >= 4 is 5.91 Å². The first-order chi connectivity index (χ1) is 13.3. The quantitative estimate of drug-likeness (QED) is 0.857. The Labute approximate surface area is 159 Å². The predicted octanol–water partition coefficient (Wildman–Crippen LogP) is 1.47. The van der Waals surface area contributed by atoms with Crippen molar-refractivity contribution in [3.05, 3.63) is 35.7 Å². The highest BCUT2D eigenvalue weighted by molar-refractivity contribution is 5.94. The molecule has 7 nitrogen and oxygen atoms in total. The number of carbonyl (C=O) groups is 1. The molecular formula is C20H26N6O. The summed E-state index contributed by atoms with van der Waals surface area (Å²) in [6.45, 7) is 5.96. The van der Waals surface area contributed by atoms with Gasteiger partial charge in [0.1, 0.15) is 5.82 Å². The highest BCUT2D eigenvalue weighted by Gasteiger charge is 2.31. The van der Waals surface area contributed by atoms with E-state index in [9.17, 15) is 4.79 Å².